The van der Waals surface area contributed by atoms with Crippen molar-refractivity contribution in [2.24, 2.45) is 5.92 Å². The Morgan fingerprint density at radius 2 is 2.00 bits per heavy atom. The second-order valence-corrected chi connectivity index (χ2v) is 3.98. The first-order valence-corrected chi connectivity index (χ1v) is 6.25. The normalized spacial score (nSPS) is 20.5. The minimum absolute atomic E-state index is 0.732. The molecule has 0 saturated carbocycles. The van der Waals surface area contributed by atoms with Gasteiger partial charge in [-0.15, -0.1) is 0 Å². The van der Waals surface area contributed by atoms with Crippen molar-refractivity contribution in [3.63, 3.8) is 0 Å². The van der Waals surface area contributed by atoms with Gasteiger partial charge in [0.1, 0.15) is 0 Å². The quantitative estimate of drug-likeness (QED) is 0.551. The molecule has 1 aliphatic carbocycles. The van der Waals surface area contributed by atoms with Gasteiger partial charge in [-0.3, -0.25) is 0 Å². The van der Waals surface area contributed by atoms with Crippen molar-refractivity contribution in [2.45, 2.75) is 53.9 Å². The van der Waals surface area contributed by atoms with Crippen LogP contribution in [0, 0.1) is 5.92 Å². The average molecular weight is 206 g/mol. The maximum atomic E-state index is 2.35. The molecule has 0 aliphatic heterocycles. The van der Waals surface area contributed by atoms with E-state index in [-0.39, 0.29) is 0 Å². The molecule has 0 fully saturated rings. The first kappa shape index (κ1) is 14.2. The van der Waals surface area contributed by atoms with E-state index in [0.29, 0.717) is 0 Å². The SMILES string of the molecule is CC.CC/C=C\CC1=CC(C)=CC(C)C1. The molecular weight excluding hydrogens is 180 g/mol. The molecule has 1 rings (SSSR count). The first-order valence-electron chi connectivity index (χ1n) is 6.25. The van der Waals surface area contributed by atoms with Crippen molar-refractivity contribution in [3.8, 4) is 0 Å². The van der Waals surface area contributed by atoms with Gasteiger partial charge < -0.3 is 0 Å². The molecule has 15 heavy (non-hydrogen) atoms. The van der Waals surface area contributed by atoms with E-state index in [1.165, 1.54) is 12.0 Å². The van der Waals surface area contributed by atoms with Gasteiger partial charge in [-0.1, -0.05) is 63.1 Å². The lowest BCUT2D eigenvalue weighted by Crippen LogP contribution is -1.99. The molecule has 0 aromatic carbocycles. The van der Waals surface area contributed by atoms with Crippen molar-refractivity contribution >= 4 is 0 Å². The molecule has 0 saturated heterocycles. The van der Waals surface area contributed by atoms with Gasteiger partial charge in [-0.05, 0) is 32.1 Å². The Labute approximate surface area is 95.8 Å². The van der Waals surface area contributed by atoms with Crippen molar-refractivity contribution in [1.82, 2.24) is 0 Å². The molecular formula is C15H26. The molecule has 0 amide bonds. The Morgan fingerprint density at radius 3 is 2.53 bits per heavy atom. The lowest BCUT2D eigenvalue weighted by atomic mass is 9.90. The van der Waals surface area contributed by atoms with Crippen LogP contribution in [0.25, 0.3) is 0 Å². The van der Waals surface area contributed by atoms with E-state index in [4.69, 9.17) is 0 Å². The zero-order valence-corrected chi connectivity index (χ0v) is 11.0. The summed E-state index contributed by atoms with van der Waals surface area (Å²) in [6, 6.07) is 0. The summed E-state index contributed by atoms with van der Waals surface area (Å²) in [5, 5.41) is 0. The van der Waals surface area contributed by atoms with Crippen molar-refractivity contribution in [2.75, 3.05) is 0 Å². The third kappa shape index (κ3) is 6.33. The van der Waals surface area contributed by atoms with Crippen LogP contribution in [0.5, 0.6) is 0 Å². The minimum Gasteiger partial charge on any atom is -0.0885 e. The average Bonchev–Trinajstić information content (AvgIpc) is 2.20. The maximum Gasteiger partial charge on any atom is -0.0135 e. The highest BCUT2D eigenvalue weighted by atomic mass is 14.1. The summed E-state index contributed by atoms with van der Waals surface area (Å²) in [4.78, 5) is 0. The van der Waals surface area contributed by atoms with Crippen molar-refractivity contribution in [1.29, 1.82) is 0 Å². The lowest BCUT2D eigenvalue weighted by molar-refractivity contribution is 0.689. The van der Waals surface area contributed by atoms with Gasteiger partial charge in [-0.25, -0.2) is 0 Å². The molecule has 86 valence electrons. The van der Waals surface area contributed by atoms with Crippen LogP contribution in [0.4, 0.5) is 0 Å². The highest BCUT2D eigenvalue weighted by Gasteiger charge is 2.07. The van der Waals surface area contributed by atoms with Gasteiger partial charge in [0.2, 0.25) is 0 Å². The smallest absolute Gasteiger partial charge is 0.0135 e. The van der Waals surface area contributed by atoms with Gasteiger partial charge in [0.25, 0.3) is 0 Å². The number of hydrogen-bond donors (Lipinski definition) is 0. The zero-order valence-electron chi connectivity index (χ0n) is 11.0. The summed E-state index contributed by atoms with van der Waals surface area (Å²) >= 11 is 0. The third-order valence-corrected chi connectivity index (χ3v) is 2.35. The highest BCUT2D eigenvalue weighted by Crippen LogP contribution is 2.24. The molecule has 1 aliphatic rings. The predicted molar refractivity (Wildman–Crippen MR) is 71.0 cm³/mol. The molecule has 0 aromatic heterocycles. The summed E-state index contributed by atoms with van der Waals surface area (Å²) in [6.07, 6.45) is 12.8. The van der Waals surface area contributed by atoms with Gasteiger partial charge in [0.15, 0.2) is 0 Å². The van der Waals surface area contributed by atoms with E-state index in [9.17, 15) is 0 Å². The Hall–Kier alpha value is -0.780. The first-order chi connectivity index (χ1) is 7.22. The number of hydrogen-bond acceptors (Lipinski definition) is 0. The van der Waals surface area contributed by atoms with Crippen LogP contribution >= 0.6 is 0 Å². The van der Waals surface area contributed by atoms with Gasteiger partial charge >= 0.3 is 0 Å². The minimum atomic E-state index is 0.732. The second-order valence-electron chi connectivity index (χ2n) is 3.98. The van der Waals surface area contributed by atoms with E-state index < -0.39 is 0 Å². The molecule has 0 heterocycles. The molecule has 1 atom stereocenters. The van der Waals surface area contributed by atoms with Gasteiger partial charge in [0.05, 0.1) is 0 Å². The fraction of sp³-hybridized carbons (Fsp3) is 0.600. The third-order valence-electron chi connectivity index (χ3n) is 2.35. The highest BCUT2D eigenvalue weighted by molar-refractivity contribution is 5.28. The summed E-state index contributed by atoms with van der Waals surface area (Å²) in [5.41, 5.74) is 3.01. The predicted octanol–water partition coefficient (Wildman–Crippen LogP) is 5.28. The Bertz CT molecular complexity index is 241. The fourth-order valence-corrected chi connectivity index (χ4v) is 1.89. The summed E-state index contributed by atoms with van der Waals surface area (Å²) in [6.45, 7) is 10.7. The van der Waals surface area contributed by atoms with Gasteiger partial charge in [-0.2, -0.15) is 0 Å². The number of allylic oxidation sites excluding steroid dienone is 6. The Balaban J connectivity index is 0.000000921. The standard InChI is InChI=1S/C13H20.C2H6/c1-4-5-6-7-13-9-11(2)8-12(3)10-13;1-2/h5-6,8-9,12H,4,7,10H2,1-3H3;1-2H3/b6-5-;. The van der Waals surface area contributed by atoms with E-state index in [1.54, 1.807) is 5.57 Å². The van der Waals surface area contributed by atoms with E-state index in [1.807, 2.05) is 13.8 Å². The van der Waals surface area contributed by atoms with Crippen LogP contribution in [-0.4, -0.2) is 0 Å². The fourth-order valence-electron chi connectivity index (χ4n) is 1.89. The monoisotopic (exact) mass is 206 g/mol. The molecule has 0 radical (unpaired) electrons. The molecule has 0 bridgehead atoms. The largest absolute Gasteiger partial charge is 0.0885 e. The maximum absolute atomic E-state index is 2.35. The van der Waals surface area contributed by atoms with E-state index in [0.717, 1.165) is 18.8 Å². The van der Waals surface area contributed by atoms with Gasteiger partial charge in [0, 0.05) is 0 Å². The van der Waals surface area contributed by atoms with Crippen LogP contribution < -0.4 is 0 Å². The Kier molecular flexibility index (Phi) is 8.08. The van der Waals surface area contributed by atoms with Crippen LogP contribution in [0.2, 0.25) is 0 Å². The summed E-state index contributed by atoms with van der Waals surface area (Å²) < 4.78 is 0. The lowest BCUT2D eigenvalue weighted by Gasteiger charge is -2.15. The van der Waals surface area contributed by atoms with Crippen LogP contribution in [0.15, 0.2) is 35.5 Å². The van der Waals surface area contributed by atoms with Crippen LogP contribution in [0.1, 0.15) is 53.9 Å². The molecule has 0 heteroatoms. The molecule has 0 spiro atoms. The van der Waals surface area contributed by atoms with Crippen molar-refractivity contribution < 1.29 is 0 Å². The number of rotatable bonds is 3. The summed E-state index contributed by atoms with van der Waals surface area (Å²) in [5.74, 6) is 0.732. The molecule has 1 unspecified atom stereocenters. The van der Waals surface area contributed by atoms with Crippen LogP contribution in [0.3, 0.4) is 0 Å². The van der Waals surface area contributed by atoms with E-state index in [2.05, 4.69) is 45.1 Å². The second kappa shape index (κ2) is 8.52. The van der Waals surface area contributed by atoms with Crippen LogP contribution in [-0.2, 0) is 0 Å². The molecule has 0 aromatic rings. The van der Waals surface area contributed by atoms with E-state index >= 15 is 0 Å². The van der Waals surface area contributed by atoms with Crippen molar-refractivity contribution in [3.05, 3.63) is 35.5 Å². The molecule has 0 nitrogen and oxygen atoms in total. The zero-order chi connectivity index (χ0) is 11.7. The summed E-state index contributed by atoms with van der Waals surface area (Å²) in [7, 11) is 0. The Morgan fingerprint density at radius 1 is 1.33 bits per heavy atom. The molecule has 0 N–H and O–H groups in total. The topological polar surface area (TPSA) is 0 Å².